The Bertz CT molecular complexity index is 592. The molecule has 0 aliphatic carbocycles. The molecule has 21 heavy (non-hydrogen) atoms. The lowest BCUT2D eigenvalue weighted by Gasteiger charge is -2.31. The molecule has 0 atom stereocenters. The number of amides is 1. The number of carbonyl (C=O) groups is 1. The Labute approximate surface area is 122 Å². The topological polar surface area (TPSA) is 130 Å². The van der Waals surface area contributed by atoms with Gasteiger partial charge in [-0.1, -0.05) is 0 Å². The molecule has 0 unspecified atom stereocenters. The normalized spacial score (nSPS) is 17.8. The summed E-state index contributed by atoms with van der Waals surface area (Å²) >= 11 is 0. The number of nitrogen functional groups attached to an aromatic ring is 1. The highest BCUT2D eigenvalue weighted by Gasteiger charge is 2.31. The maximum Gasteiger partial charge on any atom is 0.248 e. The van der Waals surface area contributed by atoms with Crippen LogP contribution in [-0.4, -0.2) is 61.7 Å². The van der Waals surface area contributed by atoms with Gasteiger partial charge in [0.2, 0.25) is 15.9 Å². The van der Waals surface area contributed by atoms with Crippen LogP contribution < -0.4 is 11.1 Å². The second kappa shape index (κ2) is 6.41. The molecule has 1 aromatic rings. The molecule has 2 heterocycles. The Kier molecular flexibility index (Phi) is 4.80. The molecule has 2 rings (SSSR count). The second-order valence-corrected chi connectivity index (χ2v) is 6.73. The molecule has 1 aromatic heterocycles. The molecule has 1 saturated heterocycles. The summed E-state index contributed by atoms with van der Waals surface area (Å²) in [5, 5.41) is 8.85. The van der Waals surface area contributed by atoms with Gasteiger partial charge in [-0.05, 0) is 12.8 Å². The second-order valence-electron chi connectivity index (χ2n) is 4.83. The predicted octanol–water partition coefficient (Wildman–Crippen LogP) is -1.09. The maximum atomic E-state index is 12.4. The zero-order valence-electron chi connectivity index (χ0n) is 11.7. The van der Waals surface area contributed by atoms with Gasteiger partial charge in [-0.15, -0.1) is 0 Å². The molecule has 1 aliphatic heterocycles. The SMILES string of the molecule is COCC(=O)NC1CCN(S(=O)(=O)c2cn[nH]c2N)CC1. The molecular weight excluding hydrogens is 298 g/mol. The van der Waals surface area contributed by atoms with E-state index in [4.69, 9.17) is 10.5 Å². The van der Waals surface area contributed by atoms with Crippen LogP contribution in [0.2, 0.25) is 0 Å². The fourth-order valence-electron chi connectivity index (χ4n) is 2.27. The van der Waals surface area contributed by atoms with Crippen LogP contribution in [0.3, 0.4) is 0 Å². The minimum absolute atomic E-state index is 0.00403. The number of sulfonamides is 1. The number of nitrogens with two attached hydrogens (primary N) is 1. The number of hydrogen-bond acceptors (Lipinski definition) is 6. The molecule has 0 radical (unpaired) electrons. The number of nitrogens with zero attached hydrogens (tertiary/aromatic N) is 2. The van der Waals surface area contributed by atoms with Crippen molar-refractivity contribution >= 4 is 21.7 Å². The summed E-state index contributed by atoms with van der Waals surface area (Å²) < 4.78 is 30.9. The molecule has 0 saturated carbocycles. The van der Waals surface area contributed by atoms with Crippen molar-refractivity contribution in [2.24, 2.45) is 0 Å². The number of rotatable bonds is 5. The zero-order valence-corrected chi connectivity index (χ0v) is 12.5. The van der Waals surface area contributed by atoms with E-state index in [0.29, 0.717) is 25.9 Å². The first-order valence-electron chi connectivity index (χ1n) is 6.52. The quantitative estimate of drug-likeness (QED) is 0.632. The van der Waals surface area contributed by atoms with E-state index in [-0.39, 0.29) is 29.3 Å². The molecule has 1 amide bonds. The molecule has 118 valence electrons. The predicted molar refractivity (Wildman–Crippen MR) is 74.8 cm³/mol. The van der Waals surface area contributed by atoms with Crippen molar-refractivity contribution in [3.05, 3.63) is 6.20 Å². The lowest BCUT2D eigenvalue weighted by Crippen LogP contribution is -2.47. The number of aromatic amines is 1. The van der Waals surface area contributed by atoms with Gasteiger partial charge in [-0.25, -0.2) is 8.42 Å². The summed E-state index contributed by atoms with van der Waals surface area (Å²) in [6.45, 7) is 0.653. The number of piperidine rings is 1. The average molecular weight is 317 g/mol. The number of H-pyrrole nitrogens is 1. The zero-order chi connectivity index (χ0) is 15.5. The smallest absolute Gasteiger partial charge is 0.248 e. The lowest BCUT2D eigenvalue weighted by atomic mass is 10.1. The van der Waals surface area contributed by atoms with Crippen LogP contribution in [0.5, 0.6) is 0 Å². The highest BCUT2D eigenvalue weighted by Crippen LogP contribution is 2.23. The van der Waals surface area contributed by atoms with Crippen molar-refractivity contribution in [1.29, 1.82) is 0 Å². The highest BCUT2D eigenvalue weighted by molar-refractivity contribution is 7.89. The minimum atomic E-state index is -3.63. The number of nitrogens with one attached hydrogen (secondary N) is 2. The van der Waals surface area contributed by atoms with E-state index in [0.717, 1.165) is 0 Å². The van der Waals surface area contributed by atoms with Crippen LogP contribution in [0.4, 0.5) is 5.82 Å². The number of anilines is 1. The molecular formula is C11H19N5O4S. The van der Waals surface area contributed by atoms with Gasteiger partial charge in [-0.2, -0.15) is 9.40 Å². The van der Waals surface area contributed by atoms with Crippen LogP contribution >= 0.6 is 0 Å². The average Bonchev–Trinajstić information content (AvgIpc) is 2.86. The largest absolute Gasteiger partial charge is 0.383 e. The van der Waals surface area contributed by atoms with Crippen LogP contribution in [0.15, 0.2) is 11.1 Å². The summed E-state index contributed by atoms with van der Waals surface area (Å²) in [6, 6.07) is -0.0409. The van der Waals surface area contributed by atoms with Gasteiger partial charge in [-0.3, -0.25) is 9.89 Å². The Balaban J connectivity index is 1.95. The van der Waals surface area contributed by atoms with E-state index in [1.807, 2.05) is 0 Å². The molecule has 1 aliphatic rings. The summed E-state index contributed by atoms with van der Waals surface area (Å²) in [5.41, 5.74) is 5.57. The van der Waals surface area contributed by atoms with E-state index >= 15 is 0 Å². The van der Waals surface area contributed by atoms with E-state index in [1.165, 1.54) is 17.6 Å². The molecule has 9 nitrogen and oxygen atoms in total. The van der Waals surface area contributed by atoms with Crippen molar-refractivity contribution in [3.63, 3.8) is 0 Å². The molecule has 0 aromatic carbocycles. The molecule has 0 spiro atoms. The van der Waals surface area contributed by atoms with E-state index in [1.54, 1.807) is 0 Å². The van der Waals surface area contributed by atoms with Gasteiger partial charge in [0.25, 0.3) is 0 Å². The van der Waals surface area contributed by atoms with Crippen LogP contribution in [-0.2, 0) is 19.6 Å². The number of carbonyl (C=O) groups excluding carboxylic acids is 1. The number of hydrogen-bond donors (Lipinski definition) is 3. The Hall–Kier alpha value is -1.65. The first kappa shape index (κ1) is 15.7. The van der Waals surface area contributed by atoms with Crippen LogP contribution in [0.1, 0.15) is 12.8 Å². The Morgan fingerprint density at radius 3 is 2.76 bits per heavy atom. The minimum Gasteiger partial charge on any atom is -0.383 e. The van der Waals surface area contributed by atoms with E-state index in [2.05, 4.69) is 15.5 Å². The monoisotopic (exact) mass is 317 g/mol. The highest BCUT2D eigenvalue weighted by atomic mass is 32.2. The first-order chi connectivity index (χ1) is 9.95. The van der Waals surface area contributed by atoms with Crippen molar-refractivity contribution in [1.82, 2.24) is 19.8 Å². The van der Waals surface area contributed by atoms with Gasteiger partial charge >= 0.3 is 0 Å². The maximum absolute atomic E-state index is 12.4. The van der Waals surface area contributed by atoms with Crippen LogP contribution in [0, 0.1) is 0 Å². The summed E-state index contributed by atoms with van der Waals surface area (Å²) in [4.78, 5) is 11.4. The van der Waals surface area contributed by atoms with E-state index in [9.17, 15) is 13.2 Å². The number of methoxy groups -OCH3 is 1. The van der Waals surface area contributed by atoms with E-state index < -0.39 is 10.0 Å². The van der Waals surface area contributed by atoms with Gasteiger partial charge in [0.05, 0.1) is 6.20 Å². The Morgan fingerprint density at radius 1 is 1.57 bits per heavy atom. The number of ether oxygens (including phenoxy) is 1. The van der Waals surface area contributed by atoms with Crippen molar-refractivity contribution in [2.75, 3.05) is 32.5 Å². The van der Waals surface area contributed by atoms with Gasteiger partial charge in [0.1, 0.15) is 17.3 Å². The standard InChI is InChI=1S/C11H19N5O4S/c1-20-7-10(17)14-8-2-4-16(5-3-8)21(18,19)9-6-13-15-11(9)12/h6,8H,2-5,7H2,1H3,(H,14,17)(H3,12,13,15). The van der Waals surface area contributed by atoms with Crippen molar-refractivity contribution in [3.8, 4) is 0 Å². The molecule has 1 fully saturated rings. The van der Waals surface area contributed by atoms with Crippen molar-refractivity contribution in [2.45, 2.75) is 23.8 Å². The van der Waals surface area contributed by atoms with Gasteiger partial charge in [0, 0.05) is 26.2 Å². The molecule has 10 heteroatoms. The third-order valence-corrected chi connectivity index (χ3v) is 5.27. The Morgan fingerprint density at radius 2 is 2.24 bits per heavy atom. The van der Waals surface area contributed by atoms with Crippen molar-refractivity contribution < 1.29 is 17.9 Å². The first-order valence-corrected chi connectivity index (χ1v) is 7.96. The third-order valence-electron chi connectivity index (χ3n) is 3.34. The molecule has 4 N–H and O–H groups in total. The number of aromatic nitrogens is 2. The lowest BCUT2D eigenvalue weighted by molar-refractivity contribution is -0.125. The summed E-state index contributed by atoms with van der Waals surface area (Å²) in [6.07, 6.45) is 2.30. The summed E-state index contributed by atoms with van der Waals surface area (Å²) in [7, 11) is -2.19. The third kappa shape index (κ3) is 3.52. The van der Waals surface area contributed by atoms with Gasteiger partial charge in [0.15, 0.2) is 0 Å². The summed E-state index contributed by atoms with van der Waals surface area (Å²) in [5.74, 6) is -0.164. The van der Waals surface area contributed by atoms with Gasteiger partial charge < -0.3 is 15.8 Å². The van der Waals surface area contributed by atoms with Crippen LogP contribution in [0.25, 0.3) is 0 Å². The fourth-order valence-corrected chi connectivity index (χ4v) is 3.75. The molecule has 0 bridgehead atoms. The fraction of sp³-hybridized carbons (Fsp3) is 0.636.